The van der Waals surface area contributed by atoms with Crippen molar-refractivity contribution in [2.24, 2.45) is 0 Å². The lowest BCUT2D eigenvalue weighted by Gasteiger charge is -2.22. The number of aryl methyl sites for hydroxylation is 1. The van der Waals surface area contributed by atoms with Gasteiger partial charge in [-0.2, -0.15) is 0 Å². The SMILES string of the molecule is CNC1CCCCN(Cc2cnc(C)o2)C1=O. The number of likely N-dealkylation sites (N-methyl/N-ethyl adjacent to an activating group) is 1. The van der Waals surface area contributed by atoms with Crippen LogP contribution in [0, 0.1) is 6.92 Å². The molecule has 94 valence electrons. The van der Waals surface area contributed by atoms with Crippen LogP contribution in [0.2, 0.25) is 0 Å². The quantitative estimate of drug-likeness (QED) is 0.854. The second kappa shape index (κ2) is 5.31. The Labute approximate surface area is 101 Å². The molecule has 2 rings (SSSR count). The Balaban J connectivity index is 2.05. The van der Waals surface area contributed by atoms with E-state index in [-0.39, 0.29) is 11.9 Å². The maximum Gasteiger partial charge on any atom is 0.240 e. The van der Waals surface area contributed by atoms with Gasteiger partial charge in [0, 0.05) is 13.5 Å². The van der Waals surface area contributed by atoms with Crippen LogP contribution < -0.4 is 5.32 Å². The Hall–Kier alpha value is -1.36. The summed E-state index contributed by atoms with van der Waals surface area (Å²) in [5.41, 5.74) is 0. The van der Waals surface area contributed by atoms with E-state index in [1.807, 2.05) is 18.9 Å². The largest absolute Gasteiger partial charge is 0.444 e. The van der Waals surface area contributed by atoms with E-state index in [0.29, 0.717) is 12.4 Å². The Morgan fingerprint density at radius 1 is 1.59 bits per heavy atom. The molecular formula is C12H19N3O2. The fraction of sp³-hybridized carbons (Fsp3) is 0.667. The first-order chi connectivity index (χ1) is 8.20. The summed E-state index contributed by atoms with van der Waals surface area (Å²) in [6, 6.07) is -0.0541. The van der Waals surface area contributed by atoms with Crippen LogP contribution in [0.4, 0.5) is 0 Å². The summed E-state index contributed by atoms with van der Waals surface area (Å²) in [6.45, 7) is 3.14. The summed E-state index contributed by atoms with van der Waals surface area (Å²) in [6.07, 6.45) is 4.75. The van der Waals surface area contributed by atoms with Gasteiger partial charge in [-0.1, -0.05) is 0 Å². The van der Waals surface area contributed by atoms with Crippen LogP contribution in [0.3, 0.4) is 0 Å². The van der Waals surface area contributed by atoms with Gasteiger partial charge in [-0.3, -0.25) is 4.79 Å². The van der Waals surface area contributed by atoms with Gasteiger partial charge in [0.15, 0.2) is 5.89 Å². The number of likely N-dealkylation sites (tertiary alicyclic amines) is 1. The van der Waals surface area contributed by atoms with Crippen molar-refractivity contribution in [3.8, 4) is 0 Å². The zero-order valence-corrected chi connectivity index (χ0v) is 10.4. The molecule has 0 aliphatic carbocycles. The molecule has 1 fully saturated rings. The normalized spacial score (nSPS) is 21.6. The molecule has 1 N–H and O–H groups in total. The van der Waals surface area contributed by atoms with E-state index in [9.17, 15) is 4.79 Å². The van der Waals surface area contributed by atoms with Crippen LogP contribution in [0.25, 0.3) is 0 Å². The average Bonchev–Trinajstić information content (AvgIpc) is 2.64. The number of amides is 1. The number of carbonyl (C=O) groups excluding carboxylic acids is 1. The lowest BCUT2D eigenvalue weighted by Crippen LogP contribution is -2.43. The molecular weight excluding hydrogens is 218 g/mol. The van der Waals surface area contributed by atoms with Crippen molar-refractivity contribution in [1.29, 1.82) is 0 Å². The molecule has 5 nitrogen and oxygen atoms in total. The van der Waals surface area contributed by atoms with Crippen molar-refractivity contribution in [2.45, 2.75) is 38.8 Å². The Morgan fingerprint density at radius 3 is 3.06 bits per heavy atom. The third-order valence-electron chi connectivity index (χ3n) is 3.14. The topological polar surface area (TPSA) is 58.4 Å². The molecule has 2 heterocycles. The number of nitrogens with zero attached hydrogens (tertiary/aromatic N) is 2. The third kappa shape index (κ3) is 2.85. The Morgan fingerprint density at radius 2 is 2.41 bits per heavy atom. The molecule has 1 aromatic rings. The van der Waals surface area contributed by atoms with Crippen molar-refractivity contribution >= 4 is 5.91 Å². The van der Waals surface area contributed by atoms with Crippen molar-refractivity contribution in [2.75, 3.05) is 13.6 Å². The highest BCUT2D eigenvalue weighted by molar-refractivity contribution is 5.82. The summed E-state index contributed by atoms with van der Waals surface area (Å²) in [5.74, 6) is 1.57. The van der Waals surface area contributed by atoms with Gasteiger partial charge in [0.25, 0.3) is 0 Å². The molecule has 1 unspecified atom stereocenters. The van der Waals surface area contributed by atoms with Crippen molar-refractivity contribution < 1.29 is 9.21 Å². The van der Waals surface area contributed by atoms with Crippen LogP contribution in [0.1, 0.15) is 30.9 Å². The van der Waals surface area contributed by atoms with Gasteiger partial charge in [0.1, 0.15) is 5.76 Å². The second-order valence-electron chi connectivity index (χ2n) is 4.44. The zero-order chi connectivity index (χ0) is 12.3. The number of rotatable bonds is 3. The minimum atomic E-state index is -0.0541. The highest BCUT2D eigenvalue weighted by Gasteiger charge is 2.26. The van der Waals surface area contributed by atoms with Crippen molar-refractivity contribution in [3.63, 3.8) is 0 Å². The van der Waals surface area contributed by atoms with Crippen LogP contribution in [0.15, 0.2) is 10.6 Å². The Bertz CT molecular complexity index is 389. The third-order valence-corrected chi connectivity index (χ3v) is 3.14. The number of hydrogen-bond donors (Lipinski definition) is 1. The summed E-state index contributed by atoms with van der Waals surface area (Å²) in [7, 11) is 1.84. The second-order valence-corrected chi connectivity index (χ2v) is 4.44. The summed E-state index contributed by atoms with van der Waals surface area (Å²) >= 11 is 0. The summed E-state index contributed by atoms with van der Waals surface area (Å²) in [5, 5.41) is 3.08. The molecule has 0 aromatic carbocycles. The molecule has 1 aliphatic rings. The highest BCUT2D eigenvalue weighted by Crippen LogP contribution is 2.15. The van der Waals surface area contributed by atoms with Gasteiger partial charge in [0.05, 0.1) is 18.8 Å². The summed E-state index contributed by atoms with van der Waals surface area (Å²) < 4.78 is 5.42. The highest BCUT2D eigenvalue weighted by atomic mass is 16.4. The molecule has 1 atom stereocenters. The maximum atomic E-state index is 12.2. The van der Waals surface area contributed by atoms with Gasteiger partial charge in [-0.15, -0.1) is 0 Å². The summed E-state index contributed by atoms with van der Waals surface area (Å²) in [4.78, 5) is 18.1. The molecule has 1 aromatic heterocycles. The molecule has 0 spiro atoms. The van der Waals surface area contributed by atoms with Gasteiger partial charge in [-0.05, 0) is 26.3 Å². The molecule has 1 aliphatic heterocycles. The first kappa shape index (κ1) is 12.1. The van der Waals surface area contributed by atoms with E-state index in [0.717, 1.165) is 31.6 Å². The number of nitrogens with one attached hydrogen (secondary N) is 1. The monoisotopic (exact) mass is 237 g/mol. The number of oxazole rings is 1. The minimum absolute atomic E-state index is 0.0541. The predicted molar refractivity (Wildman–Crippen MR) is 63.4 cm³/mol. The number of aromatic nitrogens is 1. The average molecular weight is 237 g/mol. The van der Waals surface area contributed by atoms with Crippen LogP contribution in [0.5, 0.6) is 0 Å². The molecule has 5 heteroatoms. The van der Waals surface area contributed by atoms with Gasteiger partial charge >= 0.3 is 0 Å². The number of hydrogen-bond acceptors (Lipinski definition) is 4. The minimum Gasteiger partial charge on any atom is -0.444 e. The van der Waals surface area contributed by atoms with Crippen LogP contribution in [-0.4, -0.2) is 35.4 Å². The van der Waals surface area contributed by atoms with E-state index in [4.69, 9.17) is 4.42 Å². The van der Waals surface area contributed by atoms with E-state index in [2.05, 4.69) is 10.3 Å². The van der Waals surface area contributed by atoms with E-state index >= 15 is 0 Å². The zero-order valence-electron chi connectivity index (χ0n) is 10.4. The first-order valence-corrected chi connectivity index (χ1v) is 6.08. The lowest BCUT2D eigenvalue weighted by molar-refractivity contribution is -0.133. The molecule has 0 saturated carbocycles. The first-order valence-electron chi connectivity index (χ1n) is 6.08. The van der Waals surface area contributed by atoms with Gasteiger partial charge in [0.2, 0.25) is 5.91 Å². The molecule has 0 radical (unpaired) electrons. The van der Waals surface area contributed by atoms with E-state index in [1.165, 1.54) is 0 Å². The molecule has 1 saturated heterocycles. The fourth-order valence-corrected chi connectivity index (χ4v) is 2.20. The molecule has 17 heavy (non-hydrogen) atoms. The fourth-order valence-electron chi connectivity index (χ4n) is 2.20. The van der Waals surface area contributed by atoms with Crippen molar-refractivity contribution in [3.05, 3.63) is 17.8 Å². The lowest BCUT2D eigenvalue weighted by atomic mass is 10.1. The molecule has 0 bridgehead atoms. The van der Waals surface area contributed by atoms with Gasteiger partial charge < -0.3 is 14.6 Å². The van der Waals surface area contributed by atoms with Crippen LogP contribution in [-0.2, 0) is 11.3 Å². The van der Waals surface area contributed by atoms with Crippen molar-refractivity contribution in [1.82, 2.24) is 15.2 Å². The van der Waals surface area contributed by atoms with Crippen LogP contribution >= 0.6 is 0 Å². The maximum absolute atomic E-state index is 12.2. The van der Waals surface area contributed by atoms with E-state index in [1.54, 1.807) is 6.20 Å². The molecule has 1 amide bonds. The smallest absolute Gasteiger partial charge is 0.240 e. The Kier molecular flexibility index (Phi) is 3.78. The predicted octanol–water partition coefficient (Wildman–Crippen LogP) is 1.08. The standard InChI is InChI=1S/C12H19N3O2/c1-9-14-7-10(17-9)8-15-6-4-3-5-11(13-2)12(15)16/h7,11,13H,3-6,8H2,1-2H3. The van der Waals surface area contributed by atoms with Gasteiger partial charge in [-0.25, -0.2) is 4.98 Å². The number of carbonyl (C=O) groups is 1. The van der Waals surface area contributed by atoms with E-state index < -0.39 is 0 Å².